The van der Waals surface area contributed by atoms with Gasteiger partial charge in [0.25, 0.3) is 5.91 Å². The Kier molecular flexibility index (Phi) is 4.24. The van der Waals surface area contributed by atoms with Crippen molar-refractivity contribution in [1.29, 1.82) is 0 Å². The number of piperidine rings is 1. The summed E-state index contributed by atoms with van der Waals surface area (Å²) in [6, 6.07) is 0. The first-order valence-corrected chi connectivity index (χ1v) is 8.94. The number of nitrogens with zero attached hydrogens (tertiary/aromatic N) is 4. The summed E-state index contributed by atoms with van der Waals surface area (Å²) in [7, 11) is 0. The minimum absolute atomic E-state index is 0.00728. The molecular weight excluding hydrogens is 324 g/mol. The molecule has 0 bridgehead atoms. The van der Waals surface area contributed by atoms with Gasteiger partial charge in [-0.25, -0.2) is 0 Å². The molecule has 4 rings (SSSR count). The van der Waals surface area contributed by atoms with Crippen molar-refractivity contribution in [2.45, 2.75) is 51.5 Å². The van der Waals surface area contributed by atoms with Crippen LogP contribution in [0.15, 0.2) is 11.4 Å². The first kappa shape index (κ1) is 16.5. The van der Waals surface area contributed by atoms with E-state index in [2.05, 4.69) is 10.3 Å². The highest BCUT2D eigenvalue weighted by Gasteiger charge is 2.43. The Balaban J connectivity index is 1.36. The van der Waals surface area contributed by atoms with Crippen molar-refractivity contribution < 1.29 is 19.1 Å². The third-order valence-corrected chi connectivity index (χ3v) is 5.18. The van der Waals surface area contributed by atoms with Gasteiger partial charge in [0.2, 0.25) is 6.10 Å². The average molecular weight is 348 g/mol. The monoisotopic (exact) mass is 348 g/mol. The maximum atomic E-state index is 12.8. The first-order chi connectivity index (χ1) is 12.1. The van der Waals surface area contributed by atoms with Crippen LogP contribution in [0.4, 0.5) is 0 Å². The lowest BCUT2D eigenvalue weighted by Crippen LogP contribution is -2.50. The van der Waals surface area contributed by atoms with Crippen LogP contribution in [0.2, 0.25) is 0 Å². The van der Waals surface area contributed by atoms with Crippen molar-refractivity contribution in [3.8, 4) is 0 Å². The number of carbonyl (C=O) groups is 1. The summed E-state index contributed by atoms with van der Waals surface area (Å²) >= 11 is 0. The highest BCUT2D eigenvalue weighted by molar-refractivity contribution is 6.04. The summed E-state index contributed by atoms with van der Waals surface area (Å²) in [6.45, 7) is 7.32. The Bertz CT molecular complexity index is 683. The van der Waals surface area contributed by atoms with Gasteiger partial charge in [-0.2, -0.15) is 5.10 Å². The average Bonchev–Trinajstić information content (AvgIpc) is 3.35. The molecule has 1 atom stereocenters. The lowest BCUT2D eigenvalue weighted by atomic mass is 10.0. The Hall–Kier alpha value is -1.93. The van der Waals surface area contributed by atoms with Crippen LogP contribution in [0.5, 0.6) is 0 Å². The normalized spacial score (nSPS) is 25.3. The molecule has 1 aromatic heterocycles. The molecule has 0 aliphatic carbocycles. The number of hydrogen-bond acceptors (Lipinski definition) is 6. The minimum Gasteiger partial charge on any atom is -0.382 e. The van der Waals surface area contributed by atoms with Crippen LogP contribution in [-0.2, 0) is 25.7 Å². The molecule has 25 heavy (non-hydrogen) atoms. The molecule has 0 saturated carbocycles. The van der Waals surface area contributed by atoms with Gasteiger partial charge in [0.05, 0.1) is 24.6 Å². The molecule has 1 amide bonds. The molecule has 3 aliphatic rings. The van der Waals surface area contributed by atoms with Gasteiger partial charge < -0.3 is 19.2 Å². The summed E-state index contributed by atoms with van der Waals surface area (Å²) in [6.07, 6.45) is 3.33. The lowest BCUT2D eigenvalue weighted by molar-refractivity contribution is -0.189. The zero-order chi connectivity index (χ0) is 17.4. The van der Waals surface area contributed by atoms with Gasteiger partial charge in [0.15, 0.2) is 5.79 Å². The van der Waals surface area contributed by atoms with E-state index in [1.54, 1.807) is 0 Å². The highest BCUT2D eigenvalue weighted by atomic mass is 16.7. The molecule has 2 saturated heterocycles. The van der Waals surface area contributed by atoms with E-state index < -0.39 is 11.9 Å². The second-order valence-corrected chi connectivity index (χ2v) is 6.75. The molecule has 0 aromatic carbocycles. The van der Waals surface area contributed by atoms with Gasteiger partial charge in [-0.1, -0.05) is 5.16 Å². The number of carbonyl (C=O) groups excluding carboxylic acids is 1. The van der Waals surface area contributed by atoms with Crippen molar-refractivity contribution in [2.24, 2.45) is 5.16 Å². The van der Waals surface area contributed by atoms with Gasteiger partial charge in [-0.15, -0.1) is 0 Å². The van der Waals surface area contributed by atoms with Crippen LogP contribution in [0.25, 0.3) is 0 Å². The fourth-order valence-corrected chi connectivity index (χ4v) is 3.69. The van der Waals surface area contributed by atoms with Crippen molar-refractivity contribution in [3.05, 3.63) is 17.5 Å². The van der Waals surface area contributed by atoms with Gasteiger partial charge in [0, 0.05) is 50.7 Å². The number of amides is 1. The van der Waals surface area contributed by atoms with Crippen LogP contribution in [0.3, 0.4) is 0 Å². The second kappa shape index (κ2) is 6.42. The molecule has 8 heteroatoms. The Morgan fingerprint density at radius 3 is 2.68 bits per heavy atom. The van der Waals surface area contributed by atoms with Crippen molar-refractivity contribution >= 4 is 11.6 Å². The Labute approximate surface area is 146 Å². The standard InChI is InChI=1S/C17H24N4O4/c1-3-21-11-13(12(2)18-21)14-10-15(25-19-14)16(22)20-6-4-17(5-7-20)23-8-9-24-17/h11,15H,3-10H2,1-2H3. The molecule has 1 spiro atoms. The molecule has 4 heterocycles. The van der Waals surface area contributed by atoms with Crippen LogP contribution >= 0.6 is 0 Å². The summed E-state index contributed by atoms with van der Waals surface area (Å²) < 4.78 is 13.3. The first-order valence-electron chi connectivity index (χ1n) is 8.94. The van der Waals surface area contributed by atoms with Crippen LogP contribution < -0.4 is 0 Å². The smallest absolute Gasteiger partial charge is 0.266 e. The molecule has 0 radical (unpaired) electrons. The molecular formula is C17H24N4O4. The van der Waals surface area contributed by atoms with E-state index in [0.29, 0.717) is 45.6 Å². The van der Waals surface area contributed by atoms with Crippen LogP contribution in [0.1, 0.15) is 37.4 Å². The van der Waals surface area contributed by atoms with Crippen molar-refractivity contribution in [3.63, 3.8) is 0 Å². The summed E-state index contributed by atoms with van der Waals surface area (Å²) in [4.78, 5) is 20.0. The number of aromatic nitrogens is 2. The fraction of sp³-hybridized carbons (Fsp3) is 0.706. The largest absolute Gasteiger partial charge is 0.382 e. The van der Waals surface area contributed by atoms with Crippen LogP contribution in [-0.4, -0.2) is 64.5 Å². The maximum Gasteiger partial charge on any atom is 0.266 e. The number of rotatable bonds is 3. The van der Waals surface area contributed by atoms with Crippen molar-refractivity contribution in [1.82, 2.24) is 14.7 Å². The summed E-state index contributed by atoms with van der Waals surface area (Å²) in [5.74, 6) is -0.479. The molecule has 3 aliphatic heterocycles. The topological polar surface area (TPSA) is 78.2 Å². The van der Waals surface area contributed by atoms with E-state index in [1.165, 1.54) is 0 Å². The van der Waals surface area contributed by atoms with Crippen molar-refractivity contribution in [2.75, 3.05) is 26.3 Å². The quantitative estimate of drug-likeness (QED) is 0.816. The fourth-order valence-electron chi connectivity index (χ4n) is 3.69. The van der Waals surface area contributed by atoms with E-state index in [9.17, 15) is 4.79 Å². The van der Waals surface area contributed by atoms with E-state index in [4.69, 9.17) is 14.3 Å². The van der Waals surface area contributed by atoms with Gasteiger partial charge >= 0.3 is 0 Å². The van der Waals surface area contributed by atoms with Gasteiger partial charge in [0.1, 0.15) is 0 Å². The molecule has 0 N–H and O–H groups in total. The third-order valence-electron chi connectivity index (χ3n) is 5.18. The number of oxime groups is 1. The molecule has 1 aromatic rings. The molecule has 8 nitrogen and oxygen atoms in total. The summed E-state index contributed by atoms with van der Waals surface area (Å²) in [5, 5.41) is 8.58. The third kappa shape index (κ3) is 3.04. The van der Waals surface area contributed by atoms with E-state index in [1.807, 2.05) is 29.6 Å². The zero-order valence-electron chi connectivity index (χ0n) is 14.7. The van der Waals surface area contributed by atoms with Gasteiger partial charge in [-0.3, -0.25) is 9.48 Å². The SMILES string of the molecule is CCn1cc(C2=NOC(C(=O)N3CCC4(CC3)OCCO4)C2)c(C)n1. The predicted molar refractivity (Wildman–Crippen MR) is 89.1 cm³/mol. The zero-order valence-corrected chi connectivity index (χ0v) is 14.7. The van der Waals surface area contributed by atoms with E-state index in [0.717, 1.165) is 23.5 Å². The summed E-state index contributed by atoms with van der Waals surface area (Å²) in [5.41, 5.74) is 2.67. The number of hydrogen-bond donors (Lipinski definition) is 0. The Morgan fingerprint density at radius 1 is 1.32 bits per heavy atom. The maximum absolute atomic E-state index is 12.8. The number of aryl methyl sites for hydroxylation is 2. The molecule has 136 valence electrons. The second-order valence-electron chi connectivity index (χ2n) is 6.75. The Morgan fingerprint density at radius 2 is 2.04 bits per heavy atom. The highest BCUT2D eigenvalue weighted by Crippen LogP contribution is 2.32. The number of ether oxygens (including phenoxy) is 2. The molecule has 2 fully saturated rings. The lowest BCUT2D eigenvalue weighted by Gasteiger charge is -2.38. The van der Waals surface area contributed by atoms with Crippen LogP contribution in [0, 0.1) is 6.92 Å². The van der Waals surface area contributed by atoms with Gasteiger partial charge in [-0.05, 0) is 13.8 Å². The predicted octanol–water partition coefficient (Wildman–Crippen LogP) is 1.07. The minimum atomic E-state index is -0.543. The van der Waals surface area contributed by atoms with E-state index >= 15 is 0 Å². The van der Waals surface area contributed by atoms with E-state index in [-0.39, 0.29) is 5.91 Å². The number of likely N-dealkylation sites (tertiary alicyclic amines) is 1. The molecule has 1 unspecified atom stereocenters.